The summed E-state index contributed by atoms with van der Waals surface area (Å²) in [5, 5.41) is 3.82. The van der Waals surface area contributed by atoms with Gasteiger partial charge in [0.25, 0.3) is 0 Å². The van der Waals surface area contributed by atoms with Crippen molar-refractivity contribution in [1.82, 2.24) is 14.2 Å². The quantitative estimate of drug-likeness (QED) is 0.605. The van der Waals surface area contributed by atoms with E-state index in [1.165, 1.54) is 28.6 Å². The average Bonchev–Trinajstić information content (AvgIpc) is 2.79. The zero-order chi connectivity index (χ0) is 22.7. The predicted molar refractivity (Wildman–Crippen MR) is 123 cm³/mol. The molecule has 2 heterocycles. The van der Waals surface area contributed by atoms with Gasteiger partial charge in [0.05, 0.1) is 29.2 Å². The summed E-state index contributed by atoms with van der Waals surface area (Å²) in [5.74, 6) is -0.153. The van der Waals surface area contributed by atoms with E-state index in [-0.39, 0.29) is 23.4 Å². The Kier molecular flexibility index (Phi) is 6.19. The molecule has 32 heavy (non-hydrogen) atoms. The highest BCUT2D eigenvalue weighted by Crippen LogP contribution is 2.24. The van der Waals surface area contributed by atoms with Crippen LogP contribution in [0.15, 0.2) is 65.7 Å². The maximum Gasteiger partial charge on any atom is 0.243 e. The van der Waals surface area contributed by atoms with Crippen LogP contribution in [0, 0.1) is 6.57 Å². The molecule has 0 unspecified atom stereocenters. The van der Waals surface area contributed by atoms with E-state index < -0.39 is 10.0 Å². The number of sulfonamides is 1. The molecule has 0 radical (unpaired) electrons. The summed E-state index contributed by atoms with van der Waals surface area (Å²) in [6.45, 7) is 10.2. The Balaban J connectivity index is 1.40. The van der Waals surface area contributed by atoms with E-state index >= 15 is 0 Å². The van der Waals surface area contributed by atoms with Gasteiger partial charge in [0, 0.05) is 37.3 Å². The summed E-state index contributed by atoms with van der Waals surface area (Å²) in [4.78, 5) is 22.4. The first-order valence-corrected chi connectivity index (χ1v) is 11.7. The fourth-order valence-corrected chi connectivity index (χ4v) is 5.56. The lowest BCUT2D eigenvalue weighted by molar-refractivity contribution is -0.117. The van der Waals surface area contributed by atoms with Crippen molar-refractivity contribution in [3.63, 3.8) is 0 Å². The highest BCUT2D eigenvalue weighted by molar-refractivity contribution is 7.89. The number of amides is 1. The van der Waals surface area contributed by atoms with Crippen LogP contribution in [0.3, 0.4) is 0 Å². The lowest BCUT2D eigenvalue weighted by atomic mass is 10.2. The summed E-state index contributed by atoms with van der Waals surface area (Å²) < 4.78 is 27.5. The van der Waals surface area contributed by atoms with Crippen LogP contribution in [0.2, 0.25) is 0 Å². The van der Waals surface area contributed by atoms with Crippen molar-refractivity contribution in [2.24, 2.45) is 0 Å². The molecule has 164 valence electrons. The SMILES string of the molecule is [C-]#[N+]c1ccc(S(=O)(=O)N2CCN(CC(=O)Nc3cccc4ncccc34)C[C@H]2C)cc1. The van der Waals surface area contributed by atoms with Gasteiger partial charge in [-0.3, -0.25) is 14.7 Å². The number of aromatic nitrogens is 1. The van der Waals surface area contributed by atoms with E-state index in [1.54, 1.807) is 6.20 Å². The van der Waals surface area contributed by atoms with Crippen LogP contribution in [-0.4, -0.2) is 60.7 Å². The second kappa shape index (κ2) is 9.04. The number of fused-ring (bicyclic) bond motifs is 1. The minimum absolute atomic E-state index is 0.153. The third kappa shape index (κ3) is 4.48. The van der Waals surface area contributed by atoms with Gasteiger partial charge in [-0.15, -0.1) is 0 Å². The molecule has 1 amide bonds. The molecule has 0 spiro atoms. The molecule has 0 aliphatic carbocycles. The Morgan fingerprint density at radius 3 is 2.66 bits per heavy atom. The molecular formula is C23H23N5O3S. The van der Waals surface area contributed by atoms with Crippen LogP contribution in [0.25, 0.3) is 15.7 Å². The van der Waals surface area contributed by atoms with Crippen LogP contribution in [-0.2, 0) is 14.8 Å². The number of pyridine rings is 1. The largest absolute Gasteiger partial charge is 0.324 e. The van der Waals surface area contributed by atoms with E-state index in [2.05, 4.69) is 15.1 Å². The van der Waals surface area contributed by atoms with Crippen LogP contribution in [0.1, 0.15) is 6.92 Å². The number of piperazine rings is 1. The number of nitrogens with one attached hydrogen (secondary N) is 1. The predicted octanol–water partition coefficient (Wildman–Crippen LogP) is 3.12. The van der Waals surface area contributed by atoms with Crippen molar-refractivity contribution in [3.8, 4) is 0 Å². The van der Waals surface area contributed by atoms with Gasteiger partial charge in [0.1, 0.15) is 0 Å². The Hall–Kier alpha value is -3.32. The topological polar surface area (TPSA) is 87.0 Å². The van der Waals surface area contributed by atoms with Crippen LogP contribution in [0.4, 0.5) is 11.4 Å². The van der Waals surface area contributed by atoms with Crippen LogP contribution < -0.4 is 5.32 Å². The molecule has 0 bridgehead atoms. The van der Waals surface area contributed by atoms with Crippen molar-refractivity contribution in [3.05, 3.63) is 72.2 Å². The third-order valence-corrected chi connectivity index (χ3v) is 7.54. The highest BCUT2D eigenvalue weighted by Gasteiger charge is 2.34. The first kappa shape index (κ1) is 21.9. The molecule has 4 rings (SSSR count). The standard InChI is InChI=1S/C23H23N5O3S/c1-17-15-27(13-14-28(17)32(30,31)19-10-8-18(24-2)9-11-19)16-23(29)26-22-7-3-6-21-20(22)5-4-12-25-21/h3-12,17H,13-16H2,1H3,(H,26,29)/t17-/m1/s1. The van der Waals surface area contributed by atoms with Gasteiger partial charge in [0.2, 0.25) is 15.9 Å². The van der Waals surface area contributed by atoms with Gasteiger partial charge < -0.3 is 5.32 Å². The Morgan fingerprint density at radius 1 is 1.16 bits per heavy atom. The number of nitrogens with zero attached hydrogens (tertiary/aromatic N) is 4. The molecule has 9 heteroatoms. The number of benzene rings is 2. The Bertz CT molecular complexity index is 1280. The lowest BCUT2D eigenvalue weighted by Gasteiger charge is -2.38. The minimum Gasteiger partial charge on any atom is -0.324 e. The minimum atomic E-state index is -3.66. The van der Waals surface area contributed by atoms with Gasteiger partial charge >= 0.3 is 0 Å². The number of carbonyl (C=O) groups is 1. The summed E-state index contributed by atoms with van der Waals surface area (Å²) in [6, 6.07) is 15.0. The van der Waals surface area contributed by atoms with E-state index in [0.717, 1.165) is 10.9 Å². The van der Waals surface area contributed by atoms with Crippen LogP contribution >= 0.6 is 0 Å². The Labute approximate surface area is 187 Å². The molecule has 3 aromatic rings. The molecule has 1 aliphatic rings. The molecule has 8 nitrogen and oxygen atoms in total. The molecule has 1 N–H and O–H groups in total. The van der Waals surface area contributed by atoms with E-state index in [9.17, 15) is 13.2 Å². The highest BCUT2D eigenvalue weighted by atomic mass is 32.2. The number of hydrogen-bond acceptors (Lipinski definition) is 5. The van der Waals surface area contributed by atoms with E-state index in [1.807, 2.05) is 42.2 Å². The summed E-state index contributed by atoms with van der Waals surface area (Å²) in [7, 11) is -3.66. The van der Waals surface area contributed by atoms with Gasteiger partial charge in [0.15, 0.2) is 5.69 Å². The number of hydrogen-bond donors (Lipinski definition) is 1. The monoisotopic (exact) mass is 449 g/mol. The first-order chi connectivity index (χ1) is 15.4. The lowest BCUT2D eigenvalue weighted by Crippen LogP contribution is -2.55. The molecule has 2 aromatic carbocycles. The number of rotatable bonds is 5. The van der Waals surface area contributed by atoms with Crippen molar-refractivity contribution in [1.29, 1.82) is 0 Å². The summed E-state index contributed by atoms with van der Waals surface area (Å²) in [6.07, 6.45) is 1.71. The average molecular weight is 450 g/mol. The fourth-order valence-electron chi connectivity index (χ4n) is 3.95. The van der Waals surface area contributed by atoms with Gasteiger partial charge in [-0.2, -0.15) is 4.31 Å². The summed E-state index contributed by atoms with van der Waals surface area (Å²) >= 11 is 0. The van der Waals surface area contributed by atoms with Crippen molar-refractivity contribution >= 4 is 38.2 Å². The molecule has 1 atom stereocenters. The number of anilines is 1. The molecule has 1 fully saturated rings. The van der Waals surface area contributed by atoms with E-state index in [4.69, 9.17) is 6.57 Å². The van der Waals surface area contributed by atoms with Gasteiger partial charge in [-0.05, 0) is 31.2 Å². The molecular weight excluding hydrogens is 426 g/mol. The molecule has 1 aliphatic heterocycles. The summed E-state index contributed by atoms with van der Waals surface area (Å²) in [5.41, 5.74) is 1.91. The van der Waals surface area contributed by atoms with Crippen molar-refractivity contribution in [2.45, 2.75) is 17.9 Å². The van der Waals surface area contributed by atoms with Gasteiger partial charge in [-0.1, -0.05) is 30.3 Å². The van der Waals surface area contributed by atoms with Crippen molar-refractivity contribution in [2.75, 3.05) is 31.5 Å². The molecule has 0 saturated carbocycles. The number of carbonyl (C=O) groups excluding carboxylic acids is 1. The molecule has 1 saturated heterocycles. The Morgan fingerprint density at radius 2 is 1.94 bits per heavy atom. The second-order valence-electron chi connectivity index (χ2n) is 7.73. The zero-order valence-corrected chi connectivity index (χ0v) is 18.4. The van der Waals surface area contributed by atoms with Gasteiger partial charge in [-0.25, -0.2) is 13.3 Å². The van der Waals surface area contributed by atoms with Crippen molar-refractivity contribution < 1.29 is 13.2 Å². The maximum atomic E-state index is 13.0. The van der Waals surface area contributed by atoms with E-state index in [0.29, 0.717) is 31.0 Å². The maximum absolute atomic E-state index is 13.0. The molecule has 1 aromatic heterocycles. The van der Waals surface area contributed by atoms with Crippen LogP contribution in [0.5, 0.6) is 0 Å². The smallest absolute Gasteiger partial charge is 0.243 e. The second-order valence-corrected chi connectivity index (χ2v) is 9.62. The fraction of sp³-hybridized carbons (Fsp3) is 0.261. The zero-order valence-electron chi connectivity index (χ0n) is 17.6. The first-order valence-electron chi connectivity index (χ1n) is 10.2. The third-order valence-electron chi connectivity index (χ3n) is 5.51. The normalized spacial score (nSPS) is 17.7.